The van der Waals surface area contributed by atoms with Gasteiger partial charge in [-0.3, -0.25) is 4.55 Å². The molecule has 84 valence electrons. The zero-order valence-corrected chi connectivity index (χ0v) is 12.5. The van der Waals surface area contributed by atoms with E-state index < -0.39 is 10.1 Å². The molecule has 1 aliphatic rings. The fraction of sp³-hybridized carbons (Fsp3) is 0.800. The van der Waals surface area contributed by atoms with E-state index >= 15 is 0 Å². The van der Waals surface area contributed by atoms with Crippen LogP contribution in [0.2, 0.25) is 0 Å². The van der Waals surface area contributed by atoms with Crippen LogP contribution in [0.25, 0.3) is 0 Å². The molecule has 1 aliphatic carbocycles. The van der Waals surface area contributed by atoms with Gasteiger partial charge in [0.25, 0.3) is 10.1 Å². The largest absolute Gasteiger partial charge is 1.00 e. The first-order chi connectivity index (χ1) is 6.38. The molecule has 0 aliphatic heterocycles. The van der Waals surface area contributed by atoms with Crippen LogP contribution >= 0.6 is 0 Å². The van der Waals surface area contributed by atoms with Gasteiger partial charge in [-0.2, -0.15) is 8.42 Å². The van der Waals surface area contributed by atoms with E-state index in [1.165, 1.54) is 0 Å². The monoisotopic (exact) mass is 242 g/mol. The smallest absolute Gasteiger partial charge is 1.00 e. The standard InChI is InChI=1S/C10H18O3S.Na.H/c1-8(2)10-5-3-9(4-6-10)7-14(11,12)13;;/h3,8,10H,4-7H2,1-2H3,(H,11,12,13);;/q;+1;-1. The molecule has 0 fully saturated rings. The summed E-state index contributed by atoms with van der Waals surface area (Å²) in [5.74, 6) is 1.14. The SMILES string of the molecule is CC(C)C1CC=C(CS(=O)(=O)O)CC1.[H-].[Na+]. The maximum absolute atomic E-state index is 10.6. The molecule has 0 bridgehead atoms. The fourth-order valence-corrected chi connectivity index (χ4v) is 2.61. The van der Waals surface area contributed by atoms with Crippen molar-refractivity contribution in [1.29, 1.82) is 0 Å². The molecule has 0 radical (unpaired) electrons. The molecular weight excluding hydrogens is 223 g/mol. The average Bonchev–Trinajstić information content (AvgIpc) is 2.02. The number of hydrogen-bond donors (Lipinski definition) is 1. The fourth-order valence-electron chi connectivity index (χ4n) is 1.88. The topological polar surface area (TPSA) is 54.4 Å². The molecule has 15 heavy (non-hydrogen) atoms. The van der Waals surface area contributed by atoms with Crippen molar-refractivity contribution in [2.45, 2.75) is 33.1 Å². The minimum atomic E-state index is -3.83. The third-order valence-corrected chi connectivity index (χ3v) is 3.59. The van der Waals surface area contributed by atoms with Gasteiger partial charge in [-0.15, -0.1) is 0 Å². The van der Waals surface area contributed by atoms with Gasteiger partial charge in [0.1, 0.15) is 0 Å². The van der Waals surface area contributed by atoms with Crippen molar-refractivity contribution in [2.24, 2.45) is 11.8 Å². The Morgan fingerprint density at radius 3 is 2.53 bits per heavy atom. The Labute approximate surface area is 116 Å². The maximum atomic E-state index is 10.6. The summed E-state index contributed by atoms with van der Waals surface area (Å²) < 4.78 is 29.9. The van der Waals surface area contributed by atoms with Crippen molar-refractivity contribution in [3.05, 3.63) is 11.6 Å². The quantitative estimate of drug-likeness (QED) is 0.407. The Bertz CT molecular complexity index is 325. The van der Waals surface area contributed by atoms with Gasteiger partial charge < -0.3 is 1.43 Å². The van der Waals surface area contributed by atoms with E-state index in [-0.39, 0.29) is 36.7 Å². The van der Waals surface area contributed by atoms with Crippen molar-refractivity contribution in [2.75, 3.05) is 5.75 Å². The Morgan fingerprint density at radius 2 is 2.20 bits per heavy atom. The van der Waals surface area contributed by atoms with Gasteiger partial charge in [-0.25, -0.2) is 0 Å². The van der Waals surface area contributed by atoms with Gasteiger partial charge >= 0.3 is 29.6 Å². The van der Waals surface area contributed by atoms with Crippen LogP contribution in [-0.4, -0.2) is 18.7 Å². The van der Waals surface area contributed by atoms with Crippen LogP contribution in [0.1, 0.15) is 34.5 Å². The molecule has 0 spiro atoms. The molecule has 0 amide bonds. The van der Waals surface area contributed by atoms with E-state index in [0.717, 1.165) is 24.8 Å². The summed E-state index contributed by atoms with van der Waals surface area (Å²) in [7, 11) is -3.83. The van der Waals surface area contributed by atoms with Crippen LogP contribution in [0.5, 0.6) is 0 Å². The molecule has 1 N–H and O–H groups in total. The second-order valence-electron chi connectivity index (χ2n) is 4.37. The number of rotatable bonds is 3. The summed E-state index contributed by atoms with van der Waals surface area (Å²) in [4.78, 5) is 0. The first-order valence-corrected chi connectivity index (χ1v) is 6.62. The summed E-state index contributed by atoms with van der Waals surface area (Å²) in [6.07, 6.45) is 4.77. The van der Waals surface area contributed by atoms with Crippen molar-refractivity contribution < 1.29 is 44.0 Å². The van der Waals surface area contributed by atoms with E-state index in [4.69, 9.17) is 4.55 Å². The van der Waals surface area contributed by atoms with Gasteiger partial charge in [0, 0.05) is 0 Å². The van der Waals surface area contributed by atoms with Crippen molar-refractivity contribution in [3.8, 4) is 0 Å². The second-order valence-corrected chi connectivity index (χ2v) is 5.82. The van der Waals surface area contributed by atoms with E-state index in [9.17, 15) is 8.42 Å². The Morgan fingerprint density at radius 1 is 1.60 bits per heavy atom. The van der Waals surface area contributed by atoms with E-state index in [0.29, 0.717) is 11.8 Å². The molecule has 0 aromatic rings. The third kappa shape index (κ3) is 6.07. The molecule has 1 atom stereocenters. The van der Waals surface area contributed by atoms with Crippen LogP contribution in [0.15, 0.2) is 11.6 Å². The predicted molar refractivity (Wildman–Crippen MR) is 57.8 cm³/mol. The van der Waals surface area contributed by atoms with Crippen LogP contribution in [0.4, 0.5) is 0 Å². The first kappa shape index (κ1) is 15.7. The molecule has 1 unspecified atom stereocenters. The Kier molecular flexibility index (Phi) is 6.68. The average molecular weight is 242 g/mol. The predicted octanol–water partition coefficient (Wildman–Crippen LogP) is -0.627. The third-order valence-electron chi connectivity index (χ3n) is 2.86. The summed E-state index contributed by atoms with van der Waals surface area (Å²) in [6.45, 7) is 4.37. The van der Waals surface area contributed by atoms with Crippen LogP contribution in [-0.2, 0) is 10.1 Å². The molecule has 0 aromatic carbocycles. The molecule has 0 saturated heterocycles. The normalized spacial score (nSPS) is 22.1. The number of allylic oxidation sites excluding steroid dienone is 1. The van der Waals surface area contributed by atoms with Gasteiger partial charge in [-0.1, -0.05) is 25.5 Å². The molecule has 0 heterocycles. The summed E-state index contributed by atoms with van der Waals surface area (Å²) in [6, 6.07) is 0. The van der Waals surface area contributed by atoms with E-state index in [2.05, 4.69) is 13.8 Å². The zero-order valence-electron chi connectivity index (χ0n) is 10.7. The van der Waals surface area contributed by atoms with Crippen molar-refractivity contribution >= 4 is 10.1 Å². The summed E-state index contributed by atoms with van der Waals surface area (Å²) in [5, 5.41) is 0. The molecule has 5 heteroatoms. The first-order valence-electron chi connectivity index (χ1n) is 5.01. The zero-order chi connectivity index (χ0) is 10.8. The minimum Gasteiger partial charge on any atom is -1.00 e. The number of hydrogen-bond acceptors (Lipinski definition) is 2. The van der Waals surface area contributed by atoms with Crippen LogP contribution in [0.3, 0.4) is 0 Å². The molecular formula is C10H19NaO3S. The van der Waals surface area contributed by atoms with Gasteiger partial charge in [0.05, 0.1) is 5.75 Å². The molecule has 3 nitrogen and oxygen atoms in total. The van der Waals surface area contributed by atoms with E-state index in [1.54, 1.807) is 0 Å². The Hall–Kier alpha value is 0.650. The molecule has 0 aromatic heterocycles. The van der Waals surface area contributed by atoms with Crippen LogP contribution < -0.4 is 29.6 Å². The van der Waals surface area contributed by atoms with E-state index in [1.807, 2.05) is 6.08 Å². The minimum absolute atomic E-state index is 0. The Balaban J connectivity index is 0. The van der Waals surface area contributed by atoms with Gasteiger partial charge in [0.2, 0.25) is 0 Å². The van der Waals surface area contributed by atoms with Crippen molar-refractivity contribution in [1.82, 2.24) is 0 Å². The molecule has 0 saturated carbocycles. The summed E-state index contributed by atoms with van der Waals surface area (Å²) in [5.41, 5.74) is 0.865. The van der Waals surface area contributed by atoms with Gasteiger partial charge in [-0.05, 0) is 31.1 Å². The maximum Gasteiger partial charge on any atom is 1.00 e. The summed E-state index contributed by atoms with van der Waals surface area (Å²) >= 11 is 0. The van der Waals surface area contributed by atoms with Crippen LogP contribution in [0, 0.1) is 11.8 Å². The molecule has 1 rings (SSSR count). The second kappa shape index (κ2) is 6.40. The van der Waals surface area contributed by atoms with Gasteiger partial charge in [0.15, 0.2) is 0 Å². The van der Waals surface area contributed by atoms with Crippen molar-refractivity contribution in [3.63, 3.8) is 0 Å².